The molecule has 1 unspecified atom stereocenters. The maximum absolute atomic E-state index is 12.3. The van der Waals surface area contributed by atoms with E-state index in [4.69, 9.17) is 9.47 Å². The van der Waals surface area contributed by atoms with E-state index in [0.717, 1.165) is 96.3 Å². The Hall–Kier alpha value is -3.44. The van der Waals surface area contributed by atoms with E-state index in [1.54, 1.807) is 0 Å². The van der Waals surface area contributed by atoms with E-state index in [9.17, 15) is 14.7 Å². The second kappa shape index (κ2) is 56.9. The number of unbranched alkanes of at least 4 members (excludes halogenated alkanes) is 24. The molecule has 0 rings (SSSR count). The lowest BCUT2D eigenvalue weighted by Gasteiger charge is -2.15. The van der Waals surface area contributed by atoms with E-state index in [2.05, 4.69) is 123 Å². The van der Waals surface area contributed by atoms with Crippen molar-refractivity contribution in [3.8, 4) is 0 Å². The molecule has 0 aliphatic carbocycles. The molecule has 0 aromatic carbocycles. The van der Waals surface area contributed by atoms with Crippen LogP contribution in [-0.4, -0.2) is 36.4 Å². The van der Waals surface area contributed by atoms with E-state index < -0.39 is 6.10 Å². The maximum Gasteiger partial charge on any atom is 0.306 e. The zero-order valence-corrected chi connectivity index (χ0v) is 43.6. The van der Waals surface area contributed by atoms with Crippen LogP contribution in [0.3, 0.4) is 0 Å². The molecule has 0 aliphatic rings. The summed E-state index contributed by atoms with van der Waals surface area (Å²) in [5.41, 5.74) is 0. The lowest BCUT2D eigenvalue weighted by molar-refractivity contribution is -0.161. The third-order valence-corrected chi connectivity index (χ3v) is 11.8. The molecule has 382 valence electrons. The first kappa shape index (κ1) is 63.6. The highest BCUT2D eigenvalue weighted by Crippen LogP contribution is 2.15. The highest BCUT2D eigenvalue weighted by atomic mass is 16.6. The molecular formula is C62H104O5. The minimum Gasteiger partial charge on any atom is -0.462 e. The van der Waals surface area contributed by atoms with Gasteiger partial charge in [-0.15, -0.1) is 0 Å². The Labute approximate surface area is 414 Å². The van der Waals surface area contributed by atoms with Gasteiger partial charge in [-0.2, -0.15) is 0 Å². The Bertz CT molecular complexity index is 1330. The van der Waals surface area contributed by atoms with Gasteiger partial charge in [-0.25, -0.2) is 0 Å². The van der Waals surface area contributed by atoms with Gasteiger partial charge < -0.3 is 14.6 Å². The Morgan fingerprint density at radius 3 is 0.985 bits per heavy atom. The zero-order chi connectivity index (χ0) is 48.5. The summed E-state index contributed by atoms with van der Waals surface area (Å²) >= 11 is 0. The summed E-state index contributed by atoms with van der Waals surface area (Å²) in [5, 5.41) is 9.63. The lowest BCUT2D eigenvalue weighted by atomic mass is 10.0. The number of allylic oxidation sites excluding steroid dienone is 18. The molecule has 0 aromatic rings. The standard InChI is InChI=1S/C62H104O5/c1-3-5-7-9-11-13-15-17-19-21-22-23-24-25-26-27-28-29-30-31-32-33-34-35-36-37-38-39-40-41-43-45-47-49-51-53-55-57-62(65)67-60(58-63)59-66-61(64)56-54-52-50-48-46-44-42-20-18-16-14-12-10-8-6-4-2/h5,7,11,13,17,19-20,22-23,25-26,28-29,31-32,34-35,42,60,63H,3-4,6,8-10,12,14-16,18,21,24,27,30,33,36-41,43-59H2,1-2H3/b7-5-,13-11-,19-17-,23-22-,26-25-,29-28-,32-31-,35-34-,42-20-. The molecule has 0 spiro atoms. The zero-order valence-electron chi connectivity index (χ0n) is 43.6. The van der Waals surface area contributed by atoms with Gasteiger partial charge in [-0.05, 0) is 103 Å². The van der Waals surface area contributed by atoms with Crippen molar-refractivity contribution in [1.29, 1.82) is 0 Å². The first-order valence-corrected chi connectivity index (χ1v) is 27.9. The van der Waals surface area contributed by atoms with Crippen molar-refractivity contribution in [3.63, 3.8) is 0 Å². The van der Waals surface area contributed by atoms with Crippen molar-refractivity contribution in [2.75, 3.05) is 13.2 Å². The molecule has 5 heteroatoms. The smallest absolute Gasteiger partial charge is 0.306 e. The van der Waals surface area contributed by atoms with E-state index in [1.807, 2.05) is 0 Å². The molecule has 0 bridgehead atoms. The first-order chi connectivity index (χ1) is 33.1. The summed E-state index contributed by atoms with van der Waals surface area (Å²) in [7, 11) is 0. The maximum atomic E-state index is 12.3. The van der Waals surface area contributed by atoms with Crippen molar-refractivity contribution in [2.45, 2.75) is 258 Å². The van der Waals surface area contributed by atoms with Gasteiger partial charge in [0.1, 0.15) is 6.61 Å². The Morgan fingerprint density at radius 2 is 0.642 bits per heavy atom. The van der Waals surface area contributed by atoms with Crippen LogP contribution in [0.2, 0.25) is 0 Å². The summed E-state index contributed by atoms with van der Waals surface area (Å²) in [6.07, 6.45) is 82.0. The van der Waals surface area contributed by atoms with Crippen molar-refractivity contribution in [3.05, 3.63) is 109 Å². The van der Waals surface area contributed by atoms with Gasteiger partial charge in [-0.1, -0.05) is 245 Å². The fourth-order valence-electron chi connectivity index (χ4n) is 7.62. The molecule has 67 heavy (non-hydrogen) atoms. The van der Waals surface area contributed by atoms with Crippen LogP contribution in [-0.2, 0) is 19.1 Å². The first-order valence-electron chi connectivity index (χ1n) is 27.9. The van der Waals surface area contributed by atoms with Crippen molar-refractivity contribution in [2.24, 2.45) is 0 Å². The average molecular weight is 930 g/mol. The van der Waals surface area contributed by atoms with Gasteiger partial charge in [0.05, 0.1) is 6.61 Å². The van der Waals surface area contributed by atoms with E-state index in [-0.39, 0.29) is 25.2 Å². The predicted molar refractivity (Wildman–Crippen MR) is 292 cm³/mol. The Balaban J connectivity index is 3.54. The van der Waals surface area contributed by atoms with E-state index >= 15 is 0 Å². The van der Waals surface area contributed by atoms with Gasteiger partial charge in [0, 0.05) is 12.8 Å². The van der Waals surface area contributed by atoms with Crippen LogP contribution in [0, 0.1) is 0 Å². The molecule has 1 atom stereocenters. The summed E-state index contributed by atoms with van der Waals surface area (Å²) in [6, 6.07) is 0. The number of esters is 2. The minimum atomic E-state index is -0.782. The van der Waals surface area contributed by atoms with Gasteiger partial charge in [-0.3, -0.25) is 9.59 Å². The number of hydrogen-bond acceptors (Lipinski definition) is 5. The average Bonchev–Trinajstić information content (AvgIpc) is 3.33. The van der Waals surface area contributed by atoms with E-state index in [1.165, 1.54) is 128 Å². The quantitative estimate of drug-likeness (QED) is 0.0374. The number of ether oxygens (including phenoxy) is 2. The molecule has 0 amide bonds. The van der Waals surface area contributed by atoms with E-state index in [0.29, 0.717) is 12.8 Å². The number of rotatable bonds is 50. The fourth-order valence-corrected chi connectivity index (χ4v) is 7.62. The topological polar surface area (TPSA) is 72.8 Å². The molecule has 0 heterocycles. The normalized spacial score (nSPS) is 13.1. The predicted octanol–water partition coefficient (Wildman–Crippen LogP) is 18.9. The molecule has 0 radical (unpaired) electrons. The van der Waals surface area contributed by atoms with Crippen LogP contribution < -0.4 is 0 Å². The van der Waals surface area contributed by atoms with Crippen molar-refractivity contribution < 1.29 is 24.2 Å². The molecule has 5 nitrogen and oxygen atoms in total. The van der Waals surface area contributed by atoms with Gasteiger partial charge >= 0.3 is 11.9 Å². The van der Waals surface area contributed by atoms with Crippen LogP contribution in [0.4, 0.5) is 0 Å². The van der Waals surface area contributed by atoms with Crippen LogP contribution in [0.5, 0.6) is 0 Å². The summed E-state index contributed by atoms with van der Waals surface area (Å²) in [5.74, 6) is -0.603. The second-order valence-corrected chi connectivity index (χ2v) is 18.3. The summed E-state index contributed by atoms with van der Waals surface area (Å²) in [6.45, 7) is 4.02. The highest BCUT2D eigenvalue weighted by Gasteiger charge is 2.16. The third-order valence-electron chi connectivity index (χ3n) is 11.8. The van der Waals surface area contributed by atoms with Gasteiger partial charge in [0.15, 0.2) is 6.10 Å². The van der Waals surface area contributed by atoms with Crippen molar-refractivity contribution >= 4 is 11.9 Å². The number of carbonyl (C=O) groups is 2. The fraction of sp³-hybridized carbons (Fsp3) is 0.677. The Morgan fingerprint density at radius 1 is 0.358 bits per heavy atom. The number of carbonyl (C=O) groups excluding carboxylic acids is 2. The van der Waals surface area contributed by atoms with Crippen LogP contribution in [0.1, 0.15) is 251 Å². The molecule has 0 saturated heterocycles. The molecule has 0 fully saturated rings. The van der Waals surface area contributed by atoms with Gasteiger partial charge in [0.25, 0.3) is 0 Å². The summed E-state index contributed by atoms with van der Waals surface area (Å²) in [4.78, 5) is 24.5. The number of hydrogen-bond donors (Lipinski definition) is 1. The third kappa shape index (κ3) is 55.0. The lowest BCUT2D eigenvalue weighted by Crippen LogP contribution is -2.28. The summed E-state index contributed by atoms with van der Waals surface area (Å²) < 4.78 is 10.7. The number of aliphatic hydroxyl groups is 1. The minimum absolute atomic E-state index is 0.0741. The van der Waals surface area contributed by atoms with Gasteiger partial charge in [0.2, 0.25) is 0 Å². The molecule has 0 aromatic heterocycles. The van der Waals surface area contributed by atoms with Crippen molar-refractivity contribution in [1.82, 2.24) is 0 Å². The van der Waals surface area contributed by atoms with Crippen LogP contribution in [0.25, 0.3) is 0 Å². The molecule has 1 N–H and O–H groups in total. The highest BCUT2D eigenvalue weighted by molar-refractivity contribution is 5.70. The van der Waals surface area contributed by atoms with Crippen LogP contribution >= 0.6 is 0 Å². The largest absolute Gasteiger partial charge is 0.462 e. The number of aliphatic hydroxyl groups excluding tert-OH is 1. The monoisotopic (exact) mass is 929 g/mol. The molecule has 0 aliphatic heterocycles. The SMILES string of the molecule is CC/C=C\C/C=C\C/C=C\C/C=C\C/C=C\C/C=C\C/C=C\C/C=C\CCCCCCCCCCCCCCC(=O)OC(CO)COC(=O)CCCCCCC/C=C\CCCCCCCCC. The van der Waals surface area contributed by atoms with Crippen LogP contribution in [0.15, 0.2) is 109 Å². The second-order valence-electron chi connectivity index (χ2n) is 18.3. The Kier molecular flexibility index (Phi) is 54.0. The molecular weight excluding hydrogens is 825 g/mol. The molecule has 0 saturated carbocycles.